The van der Waals surface area contributed by atoms with Crippen molar-refractivity contribution in [3.8, 4) is 0 Å². The molecule has 6 nitrogen and oxygen atoms in total. The molecule has 8 heteroatoms. The standard InChI is InChI=1S/C11H13BrN2O4S/c12-7-1-3-9(4-2-7)19(16,17)18-8-5-10(11(13)15)14-6-8/h1-4,8,10,14H,5-6H2,(H2,13,15). The molecule has 3 N–H and O–H groups in total. The van der Waals surface area contributed by atoms with Crippen LogP contribution in [0, 0.1) is 0 Å². The molecule has 104 valence electrons. The van der Waals surface area contributed by atoms with E-state index in [0.717, 1.165) is 4.47 Å². The number of hydrogen-bond donors (Lipinski definition) is 2. The van der Waals surface area contributed by atoms with Crippen molar-refractivity contribution < 1.29 is 17.4 Å². The summed E-state index contributed by atoms with van der Waals surface area (Å²) in [5.74, 6) is -0.507. The maximum Gasteiger partial charge on any atom is 0.297 e. The molecule has 1 aromatic rings. The largest absolute Gasteiger partial charge is 0.368 e. The predicted molar refractivity (Wildman–Crippen MR) is 71.8 cm³/mol. The van der Waals surface area contributed by atoms with E-state index in [1.54, 1.807) is 12.1 Å². The van der Waals surface area contributed by atoms with E-state index in [0.29, 0.717) is 0 Å². The van der Waals surface area contributed by atoms with Gasteiger partial charge in [-0.25, -0.2) is 0 Å². The van der Waals surface area contributed by atoms with Crippen molar-refractivity contribution in [2.24, 2.45) is 5.73 Å². The summed E-state index contributed by atoms with van der Waals surface area (Å²) in [7, 11) is -3.82. The molecule has 0 spiro atoms. The van der Waals surface area contributed by atoms with Gasteiger partial charge in [-0.15, -0.1) is 0 Å². The minimum absolute atomic E-state index is 0.0817. The highest BCUT2D eigenvalue weighted by Gasteiger charge is 2.32. The number of nitrogens with two attached hydrogens (primary N) is 1. The van der Waals surface area contributed by atoms with Gasteiger partial charge in [0.1, 0.15) is 0 Å². The minimum Gasteiger partial charge on any atom is -0.368 e. The number of carbonyl (C=O) groups is 1. The van der Waals surface area contributed by atoms with E-state index >= 15 is 0 Å². The van der Waals surface area contributed by atoms with Crippen molar-refractivity contribution in [1.29, 1.82) is 0 Å². The third kappa shape index (κ3) is 3.53. The molecule has 1 fully saturated rings. The van der Waals surface area contributed by atoms with E-state index in [-0.39, 0.29) is 17.9 Å². The van der Waals surface area contributed by atoms with Crippen molar-refractivity contribution in [2.45, 2.75) is 23.5 Å². The van der Waals surface area contributed by atoms with E-state index in [2.05, 4.69) is 21.2 Å². The second kappa shape index (κ2) is 5.58. The summed E-state index contributed by atoms with van der Waals surface area (Å²) in [5.41, 5.74) is 5.14. The number of hydrogen-bond acceptors (Lipinski definition) is 5. The van der Waals surface area contributed by atoms with E-state index in [1.165, 1.54) is 12.1 Å². The third-order valence-electron chi connectivity index (χ3n) is 2.80. The number of primary amides is 1. The van der Waals surface area contributed by atoms with Gasteiger partial charge in [-0.05, 0) is 24.3 Å². The molecule has 0 saturated carbocycles. The van der Waals surface area contributed by atoms with Crippen LogP contribution in [0.25, 0.3) is 0 Å². The third-order valence-corrected chi connectivity index (χ3v) is 4.70. The average Bonchev–Trinajstić information content (AvgIpc) is 2.77. The van der Waals surface area contributed by atoms with Crippen LogP contribution in [0.4, 0.5) is 0 Å². The first-order valence-corrected chi connectivity index (χ1v) is 7.80. The van der Waals surface area contributed by atoms with E-state index < -0.39 is 28.2 Å². The van der Waals surface area contributed by atoms with Gasteiger partial charge in [-0.3, -0.25) is 8.98 Å². The van der Waals surface area contributed by atoms with Crippen LogP contribution in [0.15, 0.2) is 33.6 Å². The summed E-state index contributed by atoms with van der Waals surface area (Å²) < 4.78 is 29.9. The Balaban J connectivity index is 2.06. The fraction of sp³-hybridized carbons (Fsp3) is 0.364. The summed E-state index contributed by atoms with van der Waals surface area (Å²) in [6, 6.07) is 5.61. The molecular formula is C11H13BrN2O4S. The van der Waals surface area contributed by atoms with Gasteiger partial charge in [-0.2, -0.15) is 8.42 Å². The Morgan fingerprint density at radius 1 is 1.37 bits per heavy atom. The minimum atomic E-state index is -3.82. The topological polar surface area (TPSA) is 98.5 Å². The van der Waals surface area contributed by atoms with Gasteiger partial charge in [0.2, 0.25) is 5.91 Å². The summed E-state index contributed by atoms with van der Waals surface area (Å²) in [6.45, 7) is 0.281. The zero-order chi connectivity index (χ0) is 14.0. The van der Waals surface area contributed by atoms with E-state index in [1.807, 2.05) is 0 Å². The zero-order valence-electron chi connectivity index (χ0n) is 9.87. The molecule has 1 saturated heterocycles. The lowest BCUT2D eigenvalue weighted by molar-refractivity contribution is -0.119. The number of nitrogens with one attached hydrogen (secondary N) is 1. The molecule has 0 radical (unpaired) electrons. The Hall–Kier alpha value is -0.960. The van der Waals surface area contributed by atoms with Crippen LogP contribution in [0.2, 0.25) is 0 Å². The predicted octanol–water partition coefficient (Wildman–Crippen LogP) is 0.370. The van der Waals surface area contributed by atoms with Crippen molar-refractivity contribution in [1.82, 2.24) is 5.32 Å². The van der Waals surface area contributed by atoms with Crippen LogP contribution in [0.5, 0.6) is 0 Å². The second-order valence-electron chi connectivity index (χ2n) is 4.23. The first-order chi connectivity index (χ1) is 8.88. The summed E-state index contributed by atoms with van der Waals surface area (Å²) in [6.07, 6.45) is -0.323. The van der Waals surface area contributed by atoms with E-state index in [4.69, 9.17) is 9.92 Å². The number of halogens is 1. The number of rotatable bonds is 4. The summed E-state index contributed by atoms with van der Waals surface area (Å²) in [5, 5.41) is 2.82. The van der Waals surface area contributed by atoms with Gasteiger partial charge in [0.15, 0.2) is 0 Å². The highest BCUT2D eigenvalue weighted by atomic mass is 79.9. The van der Waals surface area contributed by atoms with Crippen LogP contribution in [-0.2, 0) is 19.1 Å². The molecule has 1 heterocycles. The molecule has 1 amide bonds. The van der Waals surface area contributed by atoms with Gasteiger partial charge < -0.3 is 11.1 Å². The smallest absolute Gasteiger partial charge is 0.297 e. The maximum absolute atomic E-state index is 12.0. The molecule has 1 aliphatic rings. The Labute approximate surface area is 119 Å². The van der Waals surface area contributed by atoms with Crippen LogP contribution >= 0.6 is 15.9 Å². The Morgan fingerprint density at radius 3 is 2.53 bits per heavy atom. The maximum atomic E-state index is 12.0. The molecule has 2 rings (SSSR count). The van der Waals surface area contributed by atoms with Crippen molar-refractivity contribution >= 4 is 32.0 Å². The first-order valence-electron chi connectivity index (χ1n) is 5.60. The lowest BCUT2D eigenvalue weighted by Crippen LogP contribution is -2.36. The average molecular weight is 349 g/mol. The first kappa shape index (κ1) is 14.4. The lowest BCUT2D eigenvalue weighted by Gasteiger charge is -2.11. The molecular weight excluding hydrogens is 336 g/mol. The molecule has 19 heavy (non-hydrogen) atoms. The second-order valence-corrected chi connectivity index (χ2v) is 6.71. The van der Waals surface area contributed by atoms with Crippen LogP contribution in [-0.4, -0.2) is 33.0 Å². The molecule has 0 aliphatic carbocycles. The zero-order valence-corrected chi connectivity index (χ0v) is 12.3. The fourth-order valence-electron chi connectivity index (χ4n) is 1.83. The van der Waals surface area contributed by atoms with Crippen molar-refractivity contribution in [2.75, 3.05) is 6.54 Å². The fourth-order valence-corrected chi connectivity index (χ4v) is 3.18. The summed E-state index contributed by atoms with van der Waals surface area (Å²) >= 11 is 3.23. The summed E-state index contributed by atoms with van der Waals surface area (Å²) in [4.78, 5) is 11.1. The highest BCUT2D eigenvalue weighted by molar-refractivity contribution is 9.10. The SMILES string of the molecule is NC(=O)C1CC(OS(=O)(=O)c2ccc(Br)cc2)CN1. The molecule has 0 bridgehead atoms. The quantitative estimate of drug-likeness (QED) is 0.766. The number of carbonyl (C=O) groups excluding carboxylic acids is 1. The Kier molecular flexibility index (Phi) is 4.24. The van der Waals surface area contributed by atoms with Gasteiger partial charge in [0.05, 0.1) is 17.0 Å². The number of amides is 1. The normalized spacial score (nSPS) is 23.4. The molecule has 2 unspecified atom stereocenters. The van der Waals surface area contributed by atoms with Gasteiger partial charge >= 0.3 is 0 Å². The van der Waals surface area contributed by atoms with Gasteiger partial charge in [0.25, 0.3) is 10.1 Å². The van der Waals surface area contributed by atoms with E-state index in [9.17, 15) is 13.2 Å². The molecule has 1 aliphatic heterocycles. The van der Waals surface area contributed by atoms with Crippen molar-refractivity contribution in [3.63, 3.8) is 0 Å². The molecule has 0 aromatic heterocycles. The van der Waals surface area contributed by atoms with Crippen molar-refractivity contribution in [3.05, 3.63) is 28.7 Å². The Morgan fingerprint density at radius 2 is 2.00 bits per heavy atom. The lowest BCUT2D eigenvalue weighted by atomic mass is 10.2. The van der Waals surface area contributed by atoms with Gasteiger partial charge in [0, 0.05) is 17.4 Å². The van der Waals surface area contributed by atoms with Gasteiger partial charge in [-0.1, -0.05) is 15.9 Å². The molecule has 1 aromatic carbocycles. The van der Waals surface area contributed by atoms with Crippen LogP contribution < -0.4 is 11.1 Å². The van der Waals surface area contributed by atoms with Crippen LogP contribution in [0.3, 0.4) is 0 Å². The van der Waals surface area contributed by atoms with Crippen LogP contribution in [0.1, 0.15) is 6.42 Å². The highest BCUT2D eigenvalue weighted by Crippen LogP contribution is 2.20. The Bertz CT molecular complexity index is 573. The number of benzene rings is 1. The monoisotopic (exact) mass is 348 g/mol. The molecule has 2 atom stereocenters.